The van der Waals surface area contributed by atoms with E-state index in [9.17, 15) is 22.8 Å². The largest absolute Gasteiger partial charge is 0.393 e. The van der Waals surface area contributed by atoms with Crippen LogP contribution in [0.15, 0.2) is 35.4 Å². The molecule has 1 atom stereocenters. The fourth-order valence-electron chi connectivity index (χ4n) is 3.25. The van der Waals surface area contributed by atoms with Gasteiger partial charge in [-0.25, -0.2) is 5.01 Å². The van der Waals surface area contributed by atoms with Crippen molar-refractivity contribution in [2.45, 2.75) is 38.4 Å². The highest BCUT2D eigenvalue weighted by molar-refractivity contribution is 6.39. The number of hydrazone groups is 1. The van der Waals surface area contributed by atoms with Crippen LogP contribution in [0.4, 0.5) is 13.2 Å². The molecule has 5 nitrogen and oxygen atoms in total. The maximum Gasteiger partial charge on any atom is 0.393 e. The predicted octanol–water partition coefficient (Wildman–Crippen LogP) is 2.97. The molecule has 26 heavy (non-hydrogen) atoms. The number of carbonyl (C=O) groups is 2. The minimum atomic E-state index is -4.30. The molecule has 1 fully saturated rings. The Hall–Kier alpha value is -2.38. The number of benzene rings is 1. The predicted molar refractivity (Wildman–Crippen MR) is 89.0 cm³/mol. The van der Waals surface area contributed by atoms with Crippen molar-refractivity contribution in [1.82, 2.24) is 9.91 Å². The molecule has 1 saturated heterocycles. The molecular weight excluding hydrogens is 347 g/mol. The van der Waals surface area contributed by atoms with Crippen LogP contribution in [-0.2, 0) is 16.1 Å². The number of amides is 2. The van der Waals surface area contributed by atoms with Crippen molar-refractivity contribution in [3.8, 4) is 0 Å². The number of rotatable bonds is 3. The Morgan fingerprint density at radius 3 is 2.62 bits per heavy atom. The van der Waals surface area contributed by atoms with Gasteiger partial charge in [0.2, 0.25) is 5.91 Å². The summed E-state index contributed by atoms with van der Waals surface area (Å²) in [5.74, 6) is -2.19. The molecule has 2 heterocycles. The standard InChI is InChI=1S/C18H20F3N3O2/c19-18(20,21)14-7-4-10-23(12-14)17(26)15-8-9-16(25)24(22-15)11-13-5-2-1-3-6-13/h1-3,5-6,14H,4,7-12H2/t14-/m1/s1. The minimum absolute atomic E-state index is 0.0401. The minimum Gasteiger partial charge on any atom is -0.337 e. The molecular formula is C18H20F3N3O2. The monoisotopic (exact) mass is 367 g/mol. The highest BCUT2D eigenvalue weighted by Crippen LogP contribution is 2.33. The highest BCUT2D eigenvalue weighted by atomic mass is 19.4. The summed E-state index contributed by atoms with van der Waals surface area (Å²) in [4.78, 5) is 25.9. The van der Waals surface area contributed by atoms with Crippen molar-refractivity contribution in [2.75, 3.05) is 13.1 Å². The Balaban J connectivity index is 1.72. The average Bonchev–Trinajstić information content (AvgIpc) is 2.63. The lowest BCUT2D eigenvalue weighted by Crippen LogP contribution is -2.48. The lowest BCUT2D eigenvalue weighted by Gasteiger charge is -2.34. The molecule has 0 spiro atoms. The summed E-state index contributed by atoms with van der Waals surface area (Å²) in [6, 6.07) is 9.22. The molecule has 0 saturated carbocycles. The first-order chi connectivity index (χ1) is 12.3. The van der Waals surface area contributed by atoms with Crippen LogP contribution in [0.5, 0.6) is 0 Å². The van der Waals surface area contributed by atoms with Gasteiger partial charge in [0.25, 0.3) is 5.91 Å². The Kier molecular flexibility index (Phi) is 5.29. The van der Waals surface area contributed by atoms with E-state index in [1.54, 1.807) is 0 Å². The van der Waals surface area contributed by atoms with E-state index in [0.29, 0.717) is 6.42 Å². The molecule has 0 radical (unpaired) electrons. The molecule has 1 aromatic rings. The molecule has 3 rings (SSSR count). The van der Waals surface area contributed by atoms with Crippen LogP contribution in [0.1, 0.15) is 31.2 Å². The van der Waals surface area contributed by atoms with Crippen molar-refractivity contribution in [3.05, 3.63) is 35.9 Å². The van der Waals surface area contributed by atoms with Crippen LogP contribution in [0.3, 0.4) is 0 Å². The average molecular weight is 367 g/mol. The van der Waals surface area contributed by atoms with Gasteiger partial charge in [-0.3, -0.25) is 9.59 Å². The van der Waals surface area contributed by atoms with E-state index < -0.39 is 18.0 Å². The third-order valence-corrected chi connectivity index (χ3v) is 4.70. The van der Waals surface area contributed by atoms with E-state index in [2.05, 4.69) is 5.10 Å². The van der Waals surface area contributed by atoms with Crippen molar-refractivity contribution in [3.63, 3.8) is 0 Å². The number of halogens is 3. The van der Waals surface area contributed by atoms with Gasteiger partial charge in [-0.1, -0.05) is 30.3 Å². The number of carbonyl (C=O) groups excluding carboxylic acids is 2. The van der Waals surface area contributed by atoms with Gasteiger partial charge in [0, 0.05) is 25.9 Å². The van der Waals surface area contributed by atoms with E-state index in [4.69, 9.17) is 0 Å². The molecule has 140 valence electrons. The van der Waals surface area contributed by atoms with Gasteiger partial charge in [-0.15, -0.1) is 0 Å². The normalized spacial score (nSPS) is 21.6. The smallest absolute Gasteiger partial charge is 0.337 e. The van der Waals surface area contributed by atoms with Crippen molar-refractivity contribution in [1.29, 1.82) is 0 Å². The maximum absolute atomic E-state index is 13.0. The summed E-state index contributed by atoms with van der Waals surface area (Å²) in [6.07, 6.45) is -3.65. The van der Waals surface area contributed by atoms with Gasteiger partial charge in [-0.2, -0.15) is 18.3 Å². The van der Waals surface area contributed by atoms with Crippen LogP contribution in [0.25, 0.3) is 0 Å². The molecule has 0 N–H and O–H groups in total. The van der Waals surface area contributed by atoms with Crippen molar-refractivity contribution < 1.29 is 22.8 Å². The Labute approximate surface area is 149 Å². The Morgan fingerprint density at radius 1 is 1.19 bits per heavy atom. The second-order valence-electron chi connectivity index (χ2n) is 6.62. The molecule has 2 aliphatic heterocycles. The Bertz CT molecular complexity index is 703. The van der Waals surface area contributed by atoms with Gasteiger partial charge in [0.15, 0.2) is 0 Å². The van der Waals surface area contributed by atoms with Crippen molar-refractivity contribution >= 4 is 17.5 Å². The van der Waals surface area contributed by atoms with Crippen molar-refractivity contribution in [2.24, 2.45) is 11.0 Å². The summed E-state index contributed by atoms with van der Waals surface area (Å²) in [5.41, 5.74) is 1.02. The second kappa shape index (κ2) is 7.47. The molecule has 8 heteroatoms. The van der Waals surface area contributed by atoms with Crippen LogP contribution in [-0.4, -0.2) is 46.7 Å². The summed E-state index contributed by atoms with van der Waals surface area (Å²) in [6.45, 7) is 0.187. The SMILES string of the molecule is O=C(C1=NN(Cc2ccccc2)C(=O)CC1)N1CCC[C@@H](C(F)(F)F)C1. The van der Waals surface area contributed by atoms with E-state index in [0.717, 1.165) is 5.56 Å². The van der Waals surface area contributed by atoms with Crippen LogP contribution < -0.4 is 0 Å². The third kappa shape index (κ3) is 4.23. The van der Waals surface area contributed by atoms with Gasteiger partial charge in [0.05, 0.1) is 12.5 Å². The topological polar surface area (TPSA) is 53.0 Å². The molecule has 2 amide bonds. The summed E-state index contributed by atoms with van der Waals surface area (Å²) < 4.78 is 38.9. The molecule has 0 aliphatic carbocycles. The molecule has 0 unspecified atom stereocenters. The van der Waals surface area contributed by atoms with Crippen LogP contribution >= 0.6 is 0 Å². The molecule has 0 bridgehead atoms. The third-order valence-electron chi connectivity index (χ3n) is 4.70. The Morgan fingerprint density at radius 2 is 1.92 bits per heavy atom. The lowest BCUT2D eigenvalue weighted by molar-refractivity contribution is -0.187. The zero-order valence-electron chi connectivity index (χ0n) is 14.2. The highest BCUT2D eigenvalue weighted by Gasteiger charge is 2.43. The fraction of sp³-hybridized carbons (Fsp3) is 0.500. The number of hydrogen-bond donors (Lipinski definition) is 0. The van der Waals surface area contributed by atoms with Gasteiger partial charge < -0.3 is 4.90 Å². The number of nitrogens with zero attached hydrogens (tertiary/aromatic N) is 3. The first-order valence-corrected chi connectivity index (χ1v) is 8.62. The van der Waals surface area contributed by atoms with E-state index >= 15 is 0 Å². The lowest BCUT2D eigenvalue weighted by atomic mass is 9.97. The number of alkyl halides is 3. The van der Waals surface area contributed by atoms with E-state index in [1.165, 1.54) is 9.91 Å². The summed E-state index contributed by atoms with van der Waals surface area (Å²) in [7, 11) is 0. The van der Waals surface area contributed by atoms with Gasteiger partial charge >= 0.3 is 6.18 Å². The van der Waals surface area contributed by atoms with E-state index in [-0.39, 0.29) is 50.5 Å². The first-order valence-electron chi connectivity index (χ1n) is 8.62. The zero-order chi connectivity index (χ0) is 18.7. The fourth-order valence-corrected chi connectivity index (χ4v) is 3.25. The number of hydrogen-bond acceptors (Lipinski definition) is 3. The zero-order valence-corrected chi connectivity index (χ0v) is 14.2. The van der Waals surface area contributed by atoms with Gasteiger partial charge in [-0.05, 0) is 18.4 Å². The van der Waals surface area contributed by atoms with Gasteiger partial charge in [0.1, 0.15) is 5.71 Å². The quantitative estimate of drug-likeness (QED) is 0.825. The maximum atomic E-state index is 13.0. The first kappa shape index (κ1) is 18.4. The number of piperidine rings is 1. The van der Waals surface area contributed by atoms with Crippen LogP contribution in [0.2, 0.25) is 0 Å². The summed E-state index contributed by atoms with van der Waals surface area (Å²) in [5, 5.41) is 5.38. The summed E-state index contributed by atoms with van der Waals surface area (Å²) >= 11 is 0. The molecule has 2 aliphatic rings. The van der Waals surface area contributed by atoms with E-state index in [1.807, 2.05) is 30.3 Å². The second-order valence-corrected chi connectivity index (χ2v) is 6.62. The molecule has 1 aromatic carbocycles. The number of likely N-dealkylation sites (tertiary alicyclic amines) is 1. The molecule has 0 aromatic heterocycles. The van der Waals surface area contributed by atoms with Crippen LogP contribution in [0, 0.1) is 5.92 Å².